The number of rotatable bonds is 2. The lowest BCUT2D eigenvalue weighted by molar-refractivity contribution is 0.0148. The van der Waals surface area contributed by atoms with E-state index in [1.807, 2.05) is 13.8 Å². The van der Waals surface area contributed by atoms with E-state index < -0.39 is 5.60 Å². The summed E-state index contributed by atoms with van der Waals surface area (Å²) in [4.78, 5) is 0. The van der Waals surface area contributed by atoms with E-state index in [9.17, 15) is 0 Å². The SMILES string of the molecule is C#C[C@@H](N)C(C)(C)OC. The van der Waals surface area contributed by atoms with Gasteiger partial charge in [-0.05, 0) is 13.8 Å². The van der Waals surface area contributed by atoms with Gasteiger partial charge in [0, 0.05) is 7.11 Å². The first-order chi connectivity index (χ1) is 4.04. The van der Waals surface area contributed by atoms with Crippen LogP contribution in [0.2, 0.25) is 0 Å². The summed E-state index contributed by atoms with van der Waals surface area (Å²) in [6.45, 7) is 3.72. The van der Waals surface area contributed by atoms with E-state index in [0.29, 0.717) is 0 Å². The third kappa shape index (κ3) is 2.05. The molecule has 0 aromatic rings. The molecule has 2 N–H and O–H groups in total. The normalized spacial score (nSPS) is 14.6. The standard InChI is InChI=1S/C7H13NO/c1-5-6(8)7(2,3)9-4/h1,6H,8H2,2-4H3/t6-/m1/s1. The second-order valence-electron chi connectivity index (χ2n) is 2.45. The van der Waals surface area contributed by atoms with Gasteiger partial charge in [-0.2, -0.15) is 0 Å². The van der Waals surface area contributed by atoms with Crippen molar-refractivity contribution in [3.05, 3.63) is 0 Å². The fourth-order valence-corrected chi connectivity index (χ4v) is 0.328. The molecule has 0 aliphatic rings. The van der Waals surface area contributed by atoms with Crippen LogP contribution in [0.5, 0.6) is 0 Å². The molecule has 0 rings (SSSR count). The smallest absolute Gasteiger partial charge is 0.0950 e. The number of hydrogen-bond donors (Lipinski definition) is 1. The Labute approximate surface area is 56.4 Å². The van der Waals surface area contributed by atoms with Crippen LogP contribution >= 0.6 is 0 Å². The van der Waals surface area contributed by atoms with Crippen LogP contribution in [0.4, 0.5) is 0 Å². The van der Waals surface area contributed by atoms with Gasteiger partial charge in [-0.25, -0.2) is 0 Å². The summed E-state index contributed by atoms with van der Waals surface area (Å²) >= 11 is 0. The predicted molar refractivity (Wildman–Crippen MR) is 37.9 cm³/mol. The van der Waals surface area contributed by atoms with Crippen LogP contribution in [0.1, 0.15) is 13.8 Å². The van der Waals surface area contributed by atoms with E-state index in [1.54, 1.807) is 7.11 Å². The molecule has 52 valence electrons. The van der Waals surface area contributed by atoms with Crippen LogP contribution in [0, 0.1) is 12.3 Å². The molecule has 0 aliphatic carbocycles. The molecular formula is C7H13NO. The van der Waals surface area contributed by atoms with Crippen LogP contribution in [0.15, 0.2) is 0 Å². The Morgan fingerprint density at radius 1 is 1.67 bits per heavy atom. The highest BCUT2D eigenvalue weighted by molar-refractivity contribution is 5.05. The molecule has 0 saturated heterocycles. The summed E-state index contributed by atoms with van der Waals surface area (Å²) in [7, 11) is 1.59. The maximum absolute atomic E-state index is 5.50. The van der Waals surface area contributed by atoms with Crippen molar-refractivity contribution in [1.82, 2.24) is 0 Å². The Morgan fingerprint density at radius 3 is 2.22 bits per heavy atom. The van der Waals surface area contributed by atoms with Gasteiger partial charge in [0.2, 0.25) is 0 Å². The topological polar surface area (TPSA) is 35.2 Å². The summed E-state index contributed by atoms with van der Waals surface area (Å²) < 4.78 is 5.02. The second kappa shape index (κ2) is 2.86. The van der Waals surface area contributed by atoms with Crippen molar-refractivity contribution in [3.63, 3.8) is 0 Å². The van der Waals surface area contributed by atoms with Crippen molar-refractivity contribution >= 4 is 0 Å². The summed E-state index contributed by atoms with van der Waals surface area (Å²) in [5.74, 6) is 2.41. The zero-order valence-corrected chi connectivity index (χ0v) is 6.14. The Hall–Kier alpha value is -0.520. The highest BCUT2D eigenvalue weighted by atomic mass is 16.5. The van der Waals surface area contributed by atoms with Crippen LogP contribution in [-0.2, 0) is 4.74 Å². The molecule has 0 unspecified atom stereocenters. The highest BCUT2D eigenvalue weighted by Gasteiger charge is 2.23. The minimum absolute atomic E-state index is 0.331. The fraction of sp³-hybridized carbons (Fsp3) is 0.714. The predicted octanol–water partition coefficient (Wildman–Crippen LogP) is 0.372. The lowest BCUT2D eigenvalue weighted by atomic mass is 10.0. The van der Waals surface area contributed by atoms with Crippen LogP contribution in [-0.4, -0.2) is 18.8 Å². The zero-order valence-electron chi connectivity index (χ0n) is 6.14. The molecule has 9 heavy (non-hydrogen) atoms. The van der Waals surface area contributed by atoms with Gasteiger partial charge < -0.3 is 10.5 Å². The Morgan fingerprint density at radius 2 is 2.11 bits per heavy atom. The van der Waals surface area contributed by atoms with E-state index in [4.69, 9.17) is 16.9 Å². The summed E-state index contributed by atoms with van der Waals surface area (Å²) in [6.07, 6.45) is 5.08. The molecule has 1 atom stereocenters. The van der Waals surface area contributed by atoms with E-state index in [2.05, 4.69) is 5.92 Å². The van der Waals surface area contributed by atoms with Crippen LogP contribution in [0.3, 0.4) is 0 Å². The fourth-order valence-electron chi connectivity index (χ4n) is 0.328. The highest BCUT2D eigenvalue weighted by Crippen LogP contribution is 2.09. The number of ether oxygens (including phenoxy) is 1. The number of methoxy groups -OCH3 is 1. The molecule has 0 saturated carbocycles. The second-order valence-corrected chi connectivity index (χ2v) is 2.45. The van der Waals surface area contributed by atoms with Gasteiger partial charge in [0.25, 0.3) is 0 Å². The van der Waals surface area contributed by atoms with Crippen molar-refractivity contribution in [3.8, 4) is 12.3 Å². The van der Waals surface area contributed by atoms with E-state index in [0.717, 1.165) is 0 Å². The third-order valence-electron chi connectivity index (χ3n) is 1.45. The average molecular weight is 127 g/mol. The number of terminal acetylenes is 1. The van der Waals surface area contributed by atoms with Gasteiger partial charge in [-0.1, -0.05) is 5.92 Å². The molecule has 2 heteroatoms. The van der Waals surface area contributed by atoms with E-state index >= 15 is 0 Å². The monoisotopic (exact) mass is 127 g/mol. The first-order valence-electron chi connectivity index (χ1n) is 2.81. The van der Waals surface area contributed by atoms with E-state index in [1.165, 1.54) is 0 Å². The number of hydrogen-bond acceptors (Lipinski definition) is 2. The lowest BCUT2D eigenvalue weighted by Crippen LogP contribution is -2.43. The molecular weight excluding hydrogens is 114 g/mol. The van der Waals surface area contributed by atoms with Crippen molar-refractivity contribution in [2.45, 2.75) is 25.5 Å². The molecule has 0 aromatic carbocycles. The van der Waals surface area contributed by atoms with Gasteiger partial charge in [0.05, 0.1) is 11.6 Å². The molecule has 0 fully saturated rings. The van der Waals surface area contributed by atoms with Gasteiger partial charge in [0.1, 0.15) is 0 Å². The third-order valence-corrected chi connectivity index (χ3v) is 1.45. The van der Waals surface area contributed by atoms with Crippen LogP contribution < -0.4 is 5.73 Å². The van der Waals surface area contributed by atoms with Gasteiger partial charge in [0.15, 0.2) is 0 Å². The maximum atomic E-state index is 5.50. The first-order valence-corrected chi connectivity index (χ1v) is 2.81. The first kappa shape index (κ1) is 8.48. The van der Waals surface area contributed by atoms with Crippen molar-refractivity contribution in [1.29, 1.82) is 0 Å². The zero-order chi connectivity index (χ0) is 7.49. The summed E-state index contributed by atoms with van der Waals surface area (Å²) in [5, 5.41) is 0. The van der Waals surface area contributed by atoms with Crippen molar-refractivity contribution < 1.29 is 4.74 Å². The van der Waals surface area contributed by atoms with Gasteiger partial charge >= 0.3 is 0 Å². The van der Waals surface area contributed by atoms with Crippen molar-refractivity contribution in [2.75, 3.05) is 7.11 Å². The van der Waals surface area contributed by atoms with Gasteiger partial charge in [-0.3, -0.25) is 0 Å². The molecule has 0 bridgehead atoms. The quantitative estimate of drug-likeness (QED) is 0.544. The molecule has 0 aromatic heterocycles. The number of nitrogens with two attached hydrogens (primary N) is 1. The largest absolute Gasteiger partial charge is 0.376 e. The minimum Gasteiger partial charge on any atom is -0.376 e. The molecule has 0 radical (unpaired) electrons. The van der Waals surface area contributed by atoms with E-state index in [-0.39, 0.29) is 6.04 Å². The lowest BCUT2D eigenvalue weighted by Gasteiger charge is -2.25. The summed E-state index contributed by atoms with van der Waals surface area (Å²) in [5.41, 5.74) is 5.09. The average Bonchev–Trinajstić information content (AvgIpc) is 1.86. The molecule has 0 amide bonds. The molecule has 0 heterocycles. The molecule has 0 spiro atoms. The van der Waals surface area contributed by atoms with Gasteiger partial charge in [-0.15, -0.1) is 6.42 Å². The summed E-state index contributed by atoms with van der Waals surface area (Å²) in [6, 6.07) is -0.331. The Balaban J connectivity index is 4.01. The maximum Gasteiger partial charge on any atom is 0.0950 e. The minimum atomic E-state index is -0.408. The molecule has 0 aliphatic heterocycles. The Kier molecular flexibility index (Phi) is 2.69. The molecule has 2 nitrogen and oxygen atoms in total. The van der Waals surface area contributed by atoms with Crippen LogP contribution in [0.25, 0.3) is 0 Å². The Bertz CT molecular complexity index is 123. The van der Waals surface area contributed by atoms with Crippen molar-refractivity contribution in [2.24, 2.45) is 5.73 Å².